The van der Waals surface area contributed by atoms with E-state index in [9.17, 15) is 32.5 Å². The molecule has 2 amide bonds. The summed E-state index contributed by atoms with van der Waals surface area (Å²) in [7, 11) is -4.38. The molecule has 0 saturated heterocycles. The Balaban J connectivity index is 2.04. The molecular formula is C28H31FN4O6S. The number of carbonyl (C=O) groups excluding carboxylic acids is 2. The lowest BCUT2D eigenvalue weighted by Crippen LogP contribution is -2.51. The number of nitrogens with zero attached hydrogens (tertiary/aromatic N) is 3. The van der Waals surface area contributed by atoms with Gasteiger partial charge in [0, 0.05) is 30.8 Å². The van der Waals surface area contributed by atoms with E-state index in [0.29, 0.717) is 6.54 Å². The number of anilines is 1. The Morgan fingerprint density at radius 2 is 1.70 bits per heavy atom. The molecule has 0 bridgehead atoms. The van der Waals surface area contributed by atoms with Crippen LogP contribution >= 0.6 is 0 Å². The van der Waals surface area contributed by atoms with Crippen molar-refractivity contribution in [2.45, 2.75) is 44.2 Å². The minimum atomic E-state index is -4.38. The van der Waals surface area contributed by atoms with E-state index in [2.05, 4.69) is 5.32 Å². The van der Waals surface area contributed by atoms with Gasteiger partial charge in [-0.3, -0.25) is 24.0 Å². The first-order valence-electron chi connectivity index (χ1n) is 12.7. The van der Waals surface area contributed by atoms with Crippen molar-refractivity contribution in [3.8, 4) is 0 Å². The van der Waals surface area contributed by atoms with Crippen molar-refractivity contribution in [3.63, 3.8) is 0 Å². The van der Waals surface area contributed by atoms with Crippen molar-refractivity contribution < 1.29 is 27.3 Å². The molecular weight excluding hydrogens is 539 g/mol. The molecule has 12 heteroatoms. The minimum Gasteiger partial charge on any atom is -0.354 e. The monoisotopic (exact) mass is 570 g/mol. The smallest absolute Gasteiger partial charge is 0.271 e. The van der Waals surface area contributed by atoms with E-state index in [4.69, 9.17) is 0 Å². The second-order valence-electron chi connectivity index (χ2n) is 9.04. The number of sulfonamides is 1. The summed E-state index contributed by atoms with van der Waals surface area (Å²) >= 11 is 0. The molecule has 212 valence electrons. The topological polar surface area (TPSA) is 130 Å². The van der Waals surface area contributed by atoms with E-state index < -0.39 is 45.2 Å². The van der Waals surface area contributed by atoms with Crippen molar-refractivity contribution in [1.82, 2.24) is 10.2 Å². The van der Waals surface area contributed by atoms with Gasteiger partial charge in [-0.15, -0.1) is 0 Å². The Hall–Kier alpha value is -4.32. The average molecular weight is 571 g/mol. The maximum Gasteiger partial charge on any atom is 0.271 e. The summed E-state index contributed by atoms with van der Waals surface area (Å²) in [5.74, 6) is -1.87. The summed E-state index contributed by atoms with van der Waals surface area (Å²) in [4.78, 5) is 38.4. The molecule has 1 unspecified atom stereocenters. The molecule has 0 aromatic heterocycles. The number of non-ortho nitro benzene ring substituents is 1. The first-order chi connectivity index (χ1) is 19.1. The fourth-order valence-electron chi connectivity index (χ4n) is 3.94. The maximum atomic E-state index is 14.6. The van der Waals surface area contributed by atoms with Crippen LogP contribution in [0, 0.1) is 15.9 Å². The Morgan fingerprint density at radius 1 is 1.02 bits per heavy atom. The summed E-state index contributed by atoms with van der Waals surface area (Å²) < 4.78 is 42.8. The second-order valence-corrected chi connectivity index (χ2v) is 10.9. The lowest BCUT2D eigenvalue weighted by atomic mass is 10.1. The molecule has 40 heavy (non-hydrogen) atoms. The van der Waals surface area contributed by atoms with E-state index in [1.807, 2.05) is 6.92 Å². The normalized spacial score (nSPS) is 11.9. The zero-order valence-corrected chi connectivity index (χ0v) is 23.0. The number of nitro benzene ring substituents is 1. The van der Waals surface area contributed by atoms with Crippen LogP contribution in [0.3, 0.4) is 0 Å². The third-order valence-electron chi connectivity index (χ3n) is 6.23. The zero-order chi connectivity index (χ0) is 29.3. The van der Waals surface area contributed by atoms with Gasteiger partial charge in [-0.2, -0.15) is 0 Å². The molecule has 0 heterocycles. The third kappa shape index (κ3) is 7.41. The molecule has 0 fully saturated rings. The van der Waals surface area contributed by atoms with Gasteiger partial charge in [0.05, 0.1) is 15.5 Å². The van der Waals surface area contributed by atoms with Crippen LogP contribution in [-0.2, 0) is 26.2 Å². The van der Waals surface area contributed by atoms with Crippen LogP contribution in [-0.4, -0.2) is 49.2 Å². The molecule has 1 N–H and O–H groups in total. The molecule has 3 aromatic carbocycles. The predicted molar refractivity (Wildman–Crippen MR) is 148 cm³/mol. The Kier molecular flexibility index (Phi) is 10.3. The van der Waals surface area contributed by atoms with E-state index in [1.165, 1.54) is 67.6 Å². The molecule has 0 radical (unpaired) electrons. The number of benzene rings is 3. The zero-order valence-electron chi connectivity index (χ0n) is 22.2. The summed E-state index contributed by atoms with van der Waals surface area (Å²) in [6.45, 7) is 2.72. The highest BCUT2D eigenvalue weighted by Crippen LogP contribution is 2.27. The van der Waals surface area contributed by atoms with E-state index in [-0.39, 0.29) is 28.4 Å². The van der Waals surface area contributed by atoms with Crippen LogP contribution in [0.5, 0.6) is 0 Å². The van der Waals surface area contributed by atoms with E-state index in [0.717, 1.165) is 28.1 Å². The van der Waals surface area contributed by atoms with Crippen molar-refractivity contribution in [2.24, 2.45) is 0 Å². The van der Waals surface area contributed by atoms with Gasteiger partial charge < -0.3 is 10.2 Å². The number of nitro groups is 1. The number of nitrogens with one attached hydrogen (secondary N) is 1. The molecule has 0 aliphatic carbocycles. The molecule has 10 nitrogen and oxygen atoms in total. The van der Waals surface area contributed by atoms with Crippen LogP contribution in [0.4, 0.5) is 15.8 Å². The van der Waals surface area contributed by atoms with Crippen molar-refractivity contribution in [3.05, 3.63) is 100 Å². The van der Waals surface area contributed by atoms with Crippen molar-refractivity contribution >= 4 is 33.2 Å². The Labute approximate surface area is 232 Å². The van der Waals surface area contributed by atoms with Crippen LogP contribution in [0.1, 0.15) is 32.3 Å². The lowest BCUT2D eigenvalue weighted by molar-refractivity contribution is -0.384. The highest BCUT2D eigenvalue weighted by atomic mass is 32.2. The standard InChI is InChI=1S/C28H31FN4O6S/c1-3-4-17-30-28(35)21(2)31(19-22-11-8-9-16-26(22)29)27(34)20-32(23-12-10-13-24(18-23)33(36)37)40(38,39)25-14-6-5-7-15-25/h5-16,18,21H,3-4,17,19-20H2,1-2H3,(H,30,35). The lowest BCUT2D eigenvalue weighted by Gasteiger charge is -2.32. The maximum absolute atomic E-state index is 14.6. The van der Waals surface area contributed by atoms with Crippen LogP contribution < -0.4 is 9.62 Å². The average Bonchev–Trinajstić information content (AvgIpc) is 2.95. The van der Waals surface area contributed by atoms with Gasteiger partial charge in [0.25, 0.3) is 15.7 Å². The van der Waals surface area contributed by atoms with Gasteiger partial charge in [-0.25, -0.2) is 12.8 Å². The number of halogens is 1. The number of hydrogen-bond donors (Lipinski definition) is 1. The van der Waals surface area contributed by atoms with E-state index >= 15 is 0 Å². The van der Waals surface area contributed by atoms with Gasteiger partial charge in [-0.1, -0.05) is 55.8 Å². The number of hydrogen-bond acceptors (Lipinski definition) is 6. The molecule has 0 aliphatic rings. The molecule has 3 aromatic rings. The Bertz CT molecular complexity index is 1450. The first-order valence-corrected chi connectivity index (χ1v) is 14.1. The van der Waals surface area contributed by atoms with Gasteiger partial charge in [0.15, 0.2) is 0 Å². The molecule has 1 atom stereocenters. The SMILES string of the molecule is CCCCNC(=O)C(C)N(Cc1ccccc1F)C(=O)CN(c1cccc([N+](=O)[O-])c1)S(=O)(=O)c1ccccc1. The molecule has 0 aliphatic heterocycles. The van der Waals surface area contributed by atoms with E-state index in [1.54, 1.807) is 12.1 Å². The number of rotatable bonds is 13. The van der Waals surface area contributed by atoms with Gasteiger partial charge in [-0.05, 0) is 37.6 Å². The molecule has 0 spiro atoms. The summed E-state index contributed by atoms with van der Waals surface area (Å²) in [6.07, 6.45) is 1.55. The molecule has 3 rings (SSSR count). The number of amides is 2. The highest BCUT2D eigenvalue weighted by Gasteiger charge is 2.33. The van der Waals surface area contributed by atoms with Gasteiger partial charge in [0.2, 0.25) is 11.8 Å². The molecule has 0 saturated carbocycles. The van der Waals surface area contributed by atoms with Gasteiger partial charge >= 0.3 is 0 Å². The third-order valence-corrected chi connectivity index (χ3v) is 8.02. The van der Waals surface area contributed by atoms with Crippen molar-refractivity contribution in [2.75, 3.05) is 17.4 Å². The number of carbonyl (C=O) groups is 2. The van der Waals surface area contributed by atoms with Gasteiger partial charge in [0.1, 0.15) is 18.4 Å². The fourth-order valence-corrected chi connectivity index (χ4v) is 5.37. The number of unbranched alkanes of at least 4 members (excludes halogenated alkanes) is 1. The first kappa shape index (κ1) is 30.2. The quantitative estimate of drug-likeness (QED) is 0.186. The highest BCUT2D eigenvalue weighted by molar-refractivity contribution is 7.92. The Morgan fingerprint density at radius 3 is 2.35 bits per heavy atom. The summed E-state index contributed by atoms with van der Waals surface area (Å²) in [5.41, 5.74) is -0.348. The van der Waals surface area contributed by atoms with Crippen LogP contribution in [0.15, 0.2) is 83.8 Å². The minimum absolute atomic E-state index is 0.114. The predicted octanol–water partition coefficient (Wildman–Crippen LogP) is 4.26. The fraction of sp³-hybridized carbons (Fsp3) is 0.286. The second kappa shape index (κ2) is 13.7. The van der Waals surface area contributed by atoms with Crippen molar-refractivity contribution in [1.29, 1.82) is 0 Å². The summed E-state index contributed by atoms with van der Waals surface area (Å²) in [6, 6.07) is 16.9. The largest absolute Gasteiger partial charge is 0.354 e. The van der Waals surface area contributed by atoms with Crippen LogP contribution in [0.2, 0.25) is 0 Å². The van der Waals surface area contributed by atoms with Crippen LogP contribution in [0.25, 0.3) is 0 Å². The summed E-state index contributed by atoms with van der Waals surface area (Å²) in [5, 5.41) is 14.2.